The number of amides is 1. The molecule has 0 spiro atoms. The van der Waals surface area contributed by atoms with E-state index in [1.165, 1.54) is 6.07 Å². The summed E-state index contributed by atoms with van der Waals surface area (Å²) in [6.45, 7) is 8.44. The minimum absolute atomic E-state index is 0.305. The average molecular weight is 357 g/mol. The van der Waals surface area contributed by atoms with Gasteiger partial charge >= 0.3 is 6.09 Å². The zero-order valence-electron chi connectivity index (χ0n) is 15.5. The van der Waals surface area contributed by atoms with Gasteiger partial charge in [0.1, 0.15) is 11.6 Å². The Morgan fingerprint density at radius 1 is 1.35 bits per heavy atom. The van der Waals surface area contributed by atoms with E-state index in [4.69, 9.17) is 9.84 Å². The van der Waals surface area contributed by atoms with E-state index in [0.717, 1.165) is 28.0 Å². The molecule has 2 N–H and O–H groups in total. The zero-order valence-corrected chi connectivity index (χ0v) is 15.5. The van der Waals surface area contributed by atoms with Gasteiger partial charge in [-0.1, -0.05) is 19.9 Å². The fourth-order valence-corrected chi connectivity index (χ4v) is 3.82. The van der Waals surface area contributed by atoms with Crippen molar-refractivity contribution in [1.29, 1.82) is 0 Å². The van der Waals surface area contributed by atoms with Gasteiger partial charge in [0.2, 0.25) is 0 Å². The number of hydrogen-bond acceptors (Lipinski definition) is 2. The summed E-state index contributed by atoms with van der Waals surface area (Å²) in [7, 11) is 0. The molecule has 3 rings (SSSR count). The van der Waals surface area contributed by atoms with Crippen molar-refractivity contribution in [2.75, 3.05) is 6.61 Å². The Morgan fingerprint density at radius 2 is 2.08 bits per heavy atom. The first-order valence-corrected chi connectivity index (χ1v) is 8.78. The Bertz CT molecular complexity index is 861. The fraction of sp³-hybridized carbons (Fsp3) is 0.381. The van der Waals surface area contributed by atoms with Gasteiger partial charge in [0, 0.05) is 5.56 Å². The molecule has 1 aliphatic rings. The molecule has 138 valence electrons. The summed E-state index contributed by atoms with van der Waals surface area (Å²) in [5.41, 5.74) is 3.67. The monoisotopic (exact) mass is 357 g/mol. The van der Waals surface area contributed by atoms with E-state index in [9.17, 15) is 9.18 Å². The van der Waals surface area contributed by atoms with Crippen LogP contribution in [0.4, 0.5) is 9.18 Å². The first kappa shape index (κ1) is 18.2. The van der Waals surface area contributed by atoms with E-state index < -0.39 is 12.1 Å². The normalized spacial score (nSPS) is 17.7. The fourth-order valence-electron chi connectivity index (χ4n) is 3.82. The lowest BCUT2D eigenvalue weighted by Gasteiger charge is -2.27. The van der Waals surface area contributed by atoms with Crippen LogP contribution in [0.2, 0.25) is 0 Å². The first-order chi connectivity index (χ1) is 12.2. The molecule has 1 aliphatic carbocycles. The van der Waals surface area contributed by atoms with Crippen molar-refractivity contribution in [2.24, 2.45) is 5.41 Å². The maximum atomic E-state index is 14.9. The Labute approximate surface area is 153 Å². The molecule has 1 atom stereocenters. The van der Waals surface area contributed by atoms with Crippen LogP contribution in [-0.2, 0) is 6.42 Å². The second kappa shape index (κ2) is 6.63. The van der Waals surface area contributed by atoms with Gasteiger partial charge in [-0.15, -0.1) is 0 Å². The molecule has 5 heteroatoms. The van der Waals surface area contributed by atoms with Crippen LogP contribution in [0.15, 0.2) is 30.3 Å². The average Bonchev–Trinajstić information content (AvgIpc) is 2.78. The summed E-state index contributed by atoms with van der Waals surface area (Å²) >= 11 is 0. The predicted molar refractivity (Wildman–Crippen MR) is 99.1 cm³/mol. The van der Waals surface area contributed by atoms with Gasteiger partial charge in [0.05, 0.1) is 12.6 Å². The number of benzene rings is 2. The molecular formula is C21H24FNO3. The number of fused-ring (bicyclic) bond motifs is 1. The van der Waals surface area contributed by atoms with Crippen LogP contribution in [0.3, 0.4) is 0 Å². The molecular weight excluding hydrogens is 333 g/mol. The standard InChI is InChI=1S/C21H24FNO3/c1-5-26-18-7-6-13(8-12(18)2)15-9-14-11-21(3,4)19(23-20(24)25)16(14)10-17(15)22/h6-10,19,23H,5,11H2,1-4H3,(H,24,25)/t19-/m0/s1. The van der Waals surface area contributed by atoms with E-state index >= 15 is 0 Å². The van der Waals surface area contributed by atoms with Crippen LogP contribution in [-0.4, -0.2) is 17.8 Å². The highest BCUT2D eigenvalue weighted by Gasteiger charge is 2.40. The number of aryl methyl sites for hydroxylation is 1. The number of hydrogen-bond donors (Lipinski definition) is 2. The van der Waals surface area contributed by atoms with Crippen LogP contribution in [0.25, 0.3) is 11.1 Å². The summed E-state index contributed by atoms with van der Waals surface area (Å²) in [5, 5.41) is 11.7. The van der Waals surface area contributed by atoms with Crippen LogP contribution >= 0.6 is 0 Å². The Kier molecular flexibility index (Phi) is 4.65. The lowest BCUT2D eigenvalue weighted by Crippen LogP contribution is -2.34. The minimum Gasteiger partial charge on any atom is -0.494 e. The predicted octanol–water partition coefficient (Wildman–Crippen LogP) is 5.09. The van der Waals surface area contributed by atoms with Crippen LogP contribution in [0.1, 0.15) is 43.5 Å². The summed E-state index contributed by atoms with van der Waals surface area (Å²) < 4.78 is 20.4. The quantitative estimate of drug-likeness (QED) is 0.801. The molecule has 0 saturated heterocycles. The lowest BCUT2D eigenvalue weighted by atomic mass is 9.85. The number of rotatable bonds is 4. The molecule has 2 aromatic rings. The second-order valence-corrected chi connectivity index (χ2v) is 7.49. The van der Waals surface area contributed by atoms with Gasteiger partial charge in [-0.3, -0.25) is 0 Å². The van der Waals surface area contributed by atoms with Gasteiger partial charge < -0.3 is 15.2 Å². The number of ether oxygens (including phenoxy) is 1. The maximum absolute atomic E-state index is 14.9. The third kappa shape index (κ3) is 3.26. The van der Waals surface area contributed by atoms with E-state index in [0.29, 0.717) is 18.6 Å². The van der Waals surface area contributed by atoms with Crippen LogP contribution in [0, 0.1) is 18.2 Å². The smallest absolute Gasteiger partial charge is 0.405 e. The Hall–Kier alpha value is -2.56. The molecule has 4 nitrogen and oxygen atoms in total. The molecule has 0 fully saturated rings. The van der Waals surface area contributed by atoms with Crippen molar-refractivity contribution in [3.05, 3.63) is 52.8 Å². The largest absolute Gasteiger partial charge is 0.494 e. The van der Waals surface area contributed by atoms with Gasteiger partial charge in [0.25, 0.3) is 0 Å². The third-order valence-electron chi connectivity index (χ3n) is 5.02. The molecule has 0 heterocycles. The molecule has 0 aliphatic heterocycles. The number of nitrogens with one attached hydrogen (secondary N) is 1. The molecule has 2 aromatic carbocycles. The highest BCUT2D eigenvalue weighted by molar-refractivity contribution is 5.70. The second-order valence-electron chi connectivity index (χ2n) is 7.49. The van der Waals surface area contributed by atoms with Gasteiger partial charge in [-0.25, -0.2) is 9.18 Å². The maximum Gasteiger partial charge on any atom is 0.405 e. The molecule has 0 saturated carbocycles. The zero-order chi connectivity index (χ0) is 19.1. The molecule has 0 radical (unpaired) electrons. The number of carboxylic acid groups (broad SMARTS) is 1. The van der Waals surface area contributed by atoms with Crippen molar-refractivity contribution >= 4 is 6.09 Å². The summed E-state index contributed by atoms with van der Waals surface area (Å²) in [6.07, 6.45) is -0.404. The van der Waals surface area contributed by atoms with E-state index in [1.54, 1.807) is 0 Å². The van der Waals surface area contributed by atoms with E-state index in [-0.39, 0.29) is 11.2 Å². The van der Waals surface area contributed by atoms with E-state index in [1.807, 2.05) is 52.0 Å². The summed E-state index contributed by atoms with van der Waals surface area (Å²) in [4.78, 5) is 11.1. The third-order valence-corrected chi connectivity index (χ3v) is 5.02. The molecule has 1 amide bonds. The topological polar surface area (TPSA) is 58.6 Å². The molecule has 26 heavy (non-hydrogen) atoms. The Balaban J connectivity index is 2.03. The highest BCUT2D eigenvalue weighted by atomic mass is 19.1. The molecule has 0 bridgehead atoms. The first-order valence-electron chi connectivity index (χ1n) is 8.78. The number of carbonyl (C=O) groups is 1. The summed E-state index contributed by atoms with van der Waals surface area (Å²) in [6, 6.07) is 8.55. The van der Waals surface area contributed by atoms with Crippen molar-refractivity contribution in [3.63, 3.8) is 0 Å². The minimum atomic E-state index is -1.09. The van der Waals surface area contributed by atoms with Crippen LogP contribution < -0.4 is 10.1 Å². The van der Waals surface area contributed by atoms with E-state index in [2.05, 4.69) is 5.32 Å². The van der Waals surface area contributed by atoms with Gasteiger partial charge in [0.15, 0.2) is 0 Å². The molecule has 0 aromatic heterocycles. The van der Waals surface area contributed by atoms with Crippen molar-refractivity contribution < 1.29 is 19.0 Å². The van der Waals surface area contributed by atoms with Crippen LogP contribution in [0.5, 0.6) is 5.75 Å². The van der Waals surface area contributed by atoms with Crippen molar-refractivity contribution in [3.8, 4) is 16.9 Å². The summed E-state index contributed by atoms with van der Waals surface area (Å²) in [5.74, 6) is 0.451. The molecule has 0 unspecified atom stereocenters. The Morgan fingerprint density at radius 3 is 2.69 bits per heavy atom. The van der Waals surface area contributed by atoms with Crippen molar-refractivity contribution in [1.82, 2.24) is 5.32 Å². The van der Waals surface area contributed by atoms with Crippen molar-refractivity contribution in [2.45, 2.75) is 40.2 Å². The lowest BCUT2D eigenvalue weighted by molar-refractivity contribution is 0.175. The number of halogens is 1. The van der Waals surface area contributed by atoms with Gasteiger partial charge in [-0.2, -0.15) is 0 Å². The van der Waals surface area contributed by atoms with Gasteiger partial charge in [-0.05, 0) is 72.2 Å². The highest BCUT2D eigenvalue weighted by Crippen LogP contribution is 2.47. The SMILES string of the molecule is CCOc1ccc(-c2cc3c(cc2F)[C@H](NC(=O)O)C(C)(C)C3)cc1C.